The Morgan fingerprint density at radius 3 is 2.03 bits per heavy atom. The molecule has 2 fully saturated rings. The predicted octanol–water partition coefficient (Wildman–Crippen LogP) is 4.04. The molecule has 2 aromatic rings. The Hall–Kier alpha value is -2.43. The van der Waals surface area contributed by atoms with E-state index in [1.165, 1.54) is 11.1 Å². The van der Waals surface area contributed by atoms with E-state index in [9.17, 15) is 4.79 Å². The summed E-state index contributed by atoms with van der Waals surface area (Å²) in [5.74, 6) is 0.101. The zero-order valence-electron chi connectivity index (χ0n) is 17.1. The van der Waals surface area contributed by atoms with Gasteiger partial charge < -0.3 is 9.64 Å². The highest BCUT2D eigenvalue weighted by Crippen LogP contribution is 2.29. The zero-order chi connectivity index (χ0) is 20.1. The molecule has 0 aromatic heterocycles. The SMILES string of the molecule is CC1CCC(C=CC(=O)N2CCN(C(c3ccccc3)c3ccccc3)CC2)O1. The molecule has 2 unspecified atom stereocenters. The van der Waals surface area contributed by atoms with Crippen LogP contribution in [0, 0.1) is 0 Å². The average Bonchev–Trinajstić information content (AvgIpc) is 3.19. The molecule has 29 heavy (non-hydrogen) atoms. The van der Waals surface area contributed by atoms with Crippen molar-refractivity contribution in [1.29, 1.82) is 0 Å². The van der Waals surface area contributed by atoms with E-state index in [1.54, 1.807) is 6.08 Å². The Balaban J connectivity index is 1.40. The Morgan fingerprint density at radius 2 is 1.52 bits per heavy atom. The van der Waals surface area contributed by atoms with Gasteiger partial charge in [-0.25, -0.2) is 0 Å². The van der Waals surface area contributed by atoms with Crippen LogP contribution >= 0.6 is 0 Å². The monoisotopic (exact) mass is 390 g/mol. The highest BCUT2D eigenvalue weighted by atomic mass is 16.5. The summed E-state index contributed by atoms with van der Waals surface area (Å²) in [7, 11) is 0. The number of rotatable bonds is 5. The molecule has 4 heteroatoms. The van der Waals surface area contributed by atoms with E-state index in [2.05, 4.69) is 72.5 Å². The molecular formula is C25H30N2O2. The third kappa shape index (κ3) is 4.95. The molecule has 4 rings (SSSR count). The lowest BCUT2D eigenvalue weighted by molar-refractivity contribution is -0.128. The van der Waals surface area contributed by atoms with Gasteiger partial charge >= 0.3 is 0 Å². The largest absolute Gasteiger partial charge is 0.371 e. The second-order valence-electron chi connectivity index (χ2n) is 8.01. The van der Waals surface area contributed by atoms with Crippen molar-refractivity contribution in [2.45, 2.75) is 38.0 Å². The third-order valence-corrected chi connectivity index (χ3v) is 5.94. The molecule has 0 bridgehead atoms. The van der Waals surface area contributed by atoms with Crippen molar-refractivity contribution in [3.63, 3.8) is 0 Å². The van der Waals surface area contributed by atoms with Crippen LogP contribution in [0.5, 0.6) is 0 Å². The highest BCUT2D eigenvalue weighted by Gasteiger charge is 2.27. The van der Waals surface area contributed by atoms with E-state index >= 15 is 0 Å². The summed E-state index contributed by atoms with van der Waals surface area (Å²) < 4.78 is 5.78. The lowest BCUT2D eigenvalue weighted by Crippen LogP contribution is -2.49. The summed E-state index contributed by atoms with van der Waals surface area (Å²) >= 11 is 0. The van der Waals surface area contributed by atoms with Gasteiger partial charge in [-0.3, -0.25) is 9.69 Å². The molecular weight excluding hydrogens is 360 g/mol. The van der Waals surface area contributed by atoms with Crippen LogP contribution < -0.4 is 0 Å². The number of carbonyl (C=O) groups excluding carboxylic acids is 1. The van der Waals surface area contributed by atoms with Crippen molar-refractivity contribution in [3.05, 3.63) is 83.9 Å². The topological polar surface area (TPSA) is 32.8 Å². The Morgan fingerprint density at radius 1 is 0.931 bits per heavy atom. The Labute approximate surface area is 173 Å². The van der Waals surface area contributed by atoms with Crippen LogP contribution in [0.25, 0.3) is 0 Å². The van der Waals surface area contributed by atoms with Crippen molar-refractivity contribution in [1.82, 2.24) is 9.80 Å². The quantitative estimate of drug-likeness (QED) is 0.722. The first-order valence-electron chi connectivity index (χ1n) is 10.7. The summed E-state index contributed by atoms with van der Waals surface area (Å²) in [6.07, 6.45) is 6.13. The van der Waals surface area contributed by atoms with Crippen LogP contribution in [0.15, 0.2) is 72.8 Å². The second-order valence-corrected chi connectivity index (χ2v) is 8.01. The minimum Gasteiger partial charge on any atom is -0.371 e. The van der Waals surface area contributed by atoms with Gasteiger partial charge in [-0.1, -0.05) is 66.7 Å². The van der Waals surface area contributed by atoms with Gasteiger partial charge in [0.05, 0.1) is 18.2 Å². The minimum absolute atomic E-state index is 0.0933. The lowest BCUT2D eigenvalue weighted by Gasteiger charge is -2.39. The zero-order valence-corrected chi connectivity index (χ0v) is 17.1. The summed E-state index contributed by atoms with van der Waals surface area (Å²) in [5, 5.41) is 0. The number of carbonyl (C=O) groups is 1. The van der Waals surface area contributed by atoms with Crippen molar-refractivity contribution >= 4 is 5.91 Å². The first kappa shape index (κ1) is 19.9. The third-order valence-electron chi connectivity index (χ3n) is 5.94. The van der Waals surface area contributed by atoms with Gasteiger partial charge in [-0.15, -0.1) is 0 Å². The van der Waals surface area contributed by atoms with E-state index < -0.39 is 0 Å². The van der Waals surface area contributed by atoms with Gasteiger partial charge in [0.2, 0.25) is 5.91 Å². The summed E-state index contributed by atoms with van der Waals surface area (Å²) in [6, 6.07) is 21.5. The molecule has 4 nitrogen and oxygen atoms in total. The molecule has 0 saturated carbocycles. The van der Waals surface area contributed by atoms with Crippen molar-refractivity contribution in [2.75, 3.05) is 26.2 Å². The van der Waals surface area contributed by atoms with Gasteiger partial charge in [-0.05, 0) is 30.9 Å². The lowest BCUT2D eigenvalue weighted by atomic mass is 9.96. The van der Waals surface area contributed by atoms with Crippen LogP contribution in [-0.2, 0) is 9.53 Å². The second kappa shape index (κ2) is 9.38. The first-order valence-corrected chi connectivity index (χ1v) is 10.7. The van der Waals surface area contributed by atoms with Crippen molar-refractivity contribution < 1.29 is 9.53 Å². The fraction of sp³-hybridized carbons (Fsp3) is 0.400. The maximum atomic E-state index is 12.6. The minimum atomic E-state index is 0.0933. The molecule has 152 valence electrons. The molecule has 2 heterocycles. The maximum absolute atomic E-state index is 12.6. The molecule has 0 spiro atoms. The first-order chi connectivity index (χ1) is 14.2. The van der Waals surface area contributed by atoms with Gasteiger partial charge in [0.15, 0.2) is 0 Å². The molecule has 2 aromatic carbocycles. The van der Waals surface area contributed by atoms with Crippen molar-refractivity contribution in [2.24, 2.45) is 0 Å². The summed E-state index contributed by atoms with van der Waals surface area (Å²) in [4.78, 5) is 17.1. The average molecular weight is 391 g/mol. The van der Waals surface area contributed by atoms with Gasteiger partial charge in [0, 0.05) is 32.3 Å². The van der Waals surface area contributed by atoms with Crippen LogP contribution in [0.3, 0.4) is 0 Å². The van der Waals surface area contributed by atoms with Gasteiger partial charge in [-0.2, -0.15) is 0 Å². The number of nitrogens with zero attached hydrogens (tertiary/aromatic N) is 2. The number of hydrogen-bond donors (Lipinski definition) is 0. The van der Waals surface area contributed by atoms with E-state index in [0.717, 1.165) is 39.0 Å². The van der Waals surface area contributed by atoms with Crippen LogP contribution in [0.4, 0.5) is 0 Å². The molecule has 2 aliphatic rings. The molecule has 2 aliphatic heterocycles. The number of benzene rings is 2. The smallest absolute Gasteiger partial charge is 0.246 e. The molecule has 2 saturated heterocycles. The van der Waals surface area contributed by atoms with Gasteiger partial charge in [0.25, 0.3) is 0 Å². The summed E-state index contributed by atoms with van der Waals surface area (Å²) in [6.45, 7) is 5.32. The fourth-order valence-corrected chi connectivity index (χ4v) is 4.36. The highest BCUT2D eigenvalue weighted by molar-refractivity contribution is 5.87. The number of ether oxygens (including phenoxy) is 1. The molecule has 2 atom stereocenters. The normalized spacial score (nSPS) is 23.2. The molecule has 0 N–H and O–H groups in total. The number of hydrogen-bond acceptors (Lipinski definition) is 3. The van der Waals surface area contributed by atoms with Gasteiger partial charge in [0.1, 0.15) is 0 Å². The number of piperazine rings is 1. The standard InChI is InChI=1S/C25H30N2O2/c1-20-12-13-23(29-20)14-15-24(28)26-16-18-27(19-17-26)25(21-8-4-2-5-9-21)22-10-6-3-7-11-22/h2-11,14-15,20,23,25H,12-13,16-19H2,1H3. The fourth-order valence-electron chi connectivity index (χ4n) is 4.36. The number of amides is 1. The molecule has 0 radical (unpaired) electrons. The Kier molecular flexibility index (Phi) is 6.43. The van der Waals surface area contributed by atoms with Crippen molar-refractivity contribution in [3.8, 4) is 0 Å². The van der Waals surface area contributed by atoms with Crippen LogP contribution in [-0.4, -0.2) is 54.1 Å². The van der Waals surface area contributed by atoms with E-state index in [0.29, 0.717) is 6.10 Å². The maximum Gasteiger partial charge on any atom is 0.246 e. The van der Waals surface area contributed by atoms with Crippen LogP contribution in [0.1, 0.15) is 36.9 Å². The van der Waals surface area contributed by atoms with E-state index in [4.69, 9.17) is 4.74 Å². The van der Waals surface area contributed by atoms with E-state index in [1.807, 2.05) is 11.0 Å². The molecule has 0 aliphatic carbocycles. The van der Waals surface area contributed by atoms with Crippen LogP contribution in [0.2, 0.25) is 0 Å². The predicted molar refractivity (Wildman–Crippen MR) is 116 cm³/mol. The summed E-state index contributed by atoms with van der Waals surface area (Å²) in [5.41, 5.74) is 2.59. The van der Waals surface area contributed by atoms with E-state index in [-0.39, 0.29) is 18.1 Å². The molecule has 1 amide bonds. The Bertz CT molecular complexity index is 774.